The highest BCUT2D eigenvalue weighted by Gasteiger charge is 2.31. The first-order valence-electron chi connectivity index (χ1n) is 6.80. The van der Waals surface area contributed by atoms with Crippen molar-refractivity contribution < 1.29 is 18.0 Å². The van der Waals surface area contributed by atoms with E-state index in [9.17, 15) is 18.0 Å². The second kappa shape index (κ2) is 5.95. The Balaban J connectivity index is 2.04. The fraction of sp³-hybridized carbons (Fsp3) is 0.533. The molecule has 2 atom stereocenters. The molecule has 0 spiro atoms. The van der Waals surface area contributed by atoms with Crippen molar-refractivity contribution in [3.05, 3.63) is 35.4 Å². The van der Waals surface area contributed by atoms with Gasteiger partial charge in [-0.25, -0.2) is 0 Å². The minimum atomic E-state index is -4.37. The molecule has 0 radical (unpaired) electrons. The largest absolute Gasteiger partial charge is 0.416 e. The lowest BCUT2D eigenvalue weighted by molar-refractivity contribution is -0.137. The molecule has 0 aromatic heterocycles. The van der Waals surface area contributed by atoms with Gasteiger partial charge < -0.3 is 5.73 Å². The van der Waals surface area contributed by atoms with E-state index in [2.05, 4.69) is 0 Å². The van der Waals surface area contributed by atoms with Crippen LogP contribution in [-0.2, 0) is 17.4 Å². The Labute approximate surface area is 116 Å². The fourth-order valence-electron chi connectivity index (χ4n) is 2.72. The molecule has 20 heavy (non-hydrogen) atoms. The van der Waals surface area contributed by atoms with Gasteiger partial charge in [0.2, 0.25) is 0 Å². The molecule has 110 valence electrons. The number of hydrogen-bond acceptors (Lipinski definition) is 2. The van der Waals surface area contributed by atoms with E-state index in [1.807, 2.05) is 0 Å². The van der Waals surface area contributed by atoms with Crippen LogP contribution in [-0.4, -0.2) is 11.8 Å². The molecular weight excluding hydrogens is 267 g/mol. The molecule has 1 saturated carbocycles. The maximum Gasteiger partial charge on any atom is 0.416 e. The zero-order valence-corrected chi connectivity index (χ0v) is 11.1. The van der Waals surface area contributed by atoms with E-state index in [1.165, 1.54) is 6.07 Å². The summed E-state index contributed by atoms with van der Waals surface area (Å²) in [4.78, 5) is 12.1. The summed E-state index contributed by atoms with van der Waals surface area (Å²) < 4.78 is 37.8. The summed E-state index contributed by atoms with van der Waals surface area (Å²) in [5, 5.41) is 0. The Kier molecular flexibility index (Phi) is 4.48. The molecule has 1 aromatic carbocycles. The van der Waals surface area contributed by atoms with E-state index in [4.69, 9.17) is 5.73 Å². The van der Waals surface area contributed by atoms with Crippen molar-refractivity contribution in [1.29, 1.82) is 0 Å². The van der Waals surface area contributed by atoms with Crippen molar-refractivity contribution in [2.75, 3.05) is 0 Å². The molecule has 1 fully saturated rings. The van der Waals surface area contributed by atoms with Gasteiger partial charge in [0, 0.05) is 18.4 Å². The van der Waals surface area contributed by atoms with Crippen molar-refractivity contribution in [2.24, 2.45) is 11.7 Å². The molecule has 2 unspecified atom stereocenters. The maximum atomic E-state index is 12.6. The highest BCUT2D eigenvalue weighted by Crippen LogP contribution is 2.30. The van der Waals surface area contributed by atoms with E-state index in [1.54, 1.807) is 6.07 Å². The lowest BCUT2D eigenvalue weighted by atomic mass is 9.82. The predicted octanol–water partition coefficient (Wildman–Crippen LogP) is 3.33. The number of benzene rings is 1. The summed E-state index contributed by atoms with van der Waals surface area (Å²) in [5.41, 5.74) is 5.55. The third-order valence-corrected chi connectivity index (χ3v) is 3.80. The van der Waals surface area contributed by atoms with Crippen molar-refractivity contribution in [3.63, 3.8) is 0 Å². The lowest BCUT2D eigenvalue weighted by Crippen LogP contribution is -2.32. The van der Waals surface area contributed by atoms with Gasteiger partial charge in [0.1, 0.15) is 5.78 Å². The lowest BCUT2D eigenvalue weighted by Gasteiger charge is -2.25. The standard InChI is InChI=1S/C15H18F3NO/c16-15(17,18)12-5-1-3-10(7-12)8-14(20)11-4-2-6-13(19)9-11/h1,3,5,7,11,13H,2,4,6,8-9,19H2. The van der Waals surface area contributed by atoms with Gasteiger partial charge in [-0.2, -0.15) is 13.2 Å². The highest BCUT2D eigenvalue weighted by molar-refractivity contribution is 5.83. The predicted molar refractivity (Wildman–Crippen MR) is 70.1 cm³/mol. The van der Waals surface area contributed by atoms with Crippen LogP contribution in [0.5, 0.6) is 0 Å². The van der Waals surface area contributed by atoms with E-state index >= 15 is 0 Å². The molecule has 5 heteroatoms. The van der Waals surface area contributed by atoms with Crippen LogP contribution in [0.3, 0.4) is 0 Å². The summed E-state index contributed by atoms with van der Waals surface area (Å²) in [7, 11) is 0. The van der Waals surface area contributed by atoms with Crippen LogP contribution in [0, 0.1) is 5.92 Å². The number of ketones is 1. The summed E-state index contributed by atoms with van der Waals surface area (Å²) in [6, 6.07) is 5.03. The number of halogens is 3. The first-order valence-corrected chi connectivity index (χ1v) is 6.80. The molecule has 0 amide bonds. The number of nitrogens with two attached hydrogens (primary N) is 1. The third kappa shape index (κ3) is 3.82. The average Bonchev–Trinajstić information content (AvgIpc) is 2.38. The second-order valence-electron chi connectivity index (χ2n) is 5.46. The van der Waals surface area contributed by atoms with Crippen LogP contribution in [0.25, 0.3) is 0 Å². The van der Waals surface area contributed by atoms with E-state index in [0.29, 0.717) is 12.0 Å². The number of hydrogen-bond donors (Lipinski definition) is 1. The molecule has 0 saturated heterocycles. The number of alkyl halides is 3. The van der Waals surface area contributed by atoms with E-state index < -0.39 is 11.7 Å². The van der Waals surface area contributed by atoms with Gasteiger partial charge in [0.05, 0.1) is 5.56 Å². The minimum absolute atomic E-state index is 0.000487. The van der Waals surface area contributed by atoms with Crippen molar-refractivity contribution >= 4 is 5.78 Å². The maximum absolute atomic E-state index is 12.6. The molecule has 1 aliphatic carbocycles. The number of carbonyl (C=O) groups is 1. The Bertz CT molecular complexity index is 484. The Hall–Kier alpha value is -1.36. The smallest absolute Gasteiger partial charge is 0.328 e. The van der Waals surface area contributed by atoms with Crippen LogP contribution < -0.4 is 5.73 Å². The number of Topliss-reactive ketones (excluding diaryl/α,β-unsaturated/α-hetero) is 1. The van der Waals surface area contributed by atoms with E-state index in [-0.39, 0.29) is 24.2 Å². The molecular formula is C15H18F3NO. The topological polar surface area (TPSA) is 43.1 Å². The summed E-state index contributed by atoms with van der Waals surface area (Å²) in [6.07, 6.45) is -1.02. The van der Waals surface area contributed by atoms with Gasteiger partial charge in [-0.15, -0.1) is 0 Å². The monoisotopic (exact) mass is 285 g/mol. The van der Waals surface area contributed by atoms with Crippen LogP contribution in [0.15, 0.2) is 24.3 Å². The van der Waals surface area contributed by atoms with Crippen molar-refractivity contribution in [2.45, 2.75) is 44.3 Å². The average molecular weight is 285 g/mol. The summed E-state index contributed by atoms with van der Waals surface area (Å²) in [6.45, 7) is 0. The SMILES string of the molecule is NC1CCCC(C(=O)Cc2cccc(C(F)(F)F)c2)C1. The summed E-state index contributed by atoms with van der Waals surface area (Å²) in [5.74, 6) is -0.104. The summed E-state index contributed by atoms with van der Waals surface area (Å²) >= 11 is 0. The van der Waals surface area contributed by atoms with Crippen molar-refractivity contribution in [3.8, 4) is 0 Å². The highest BCUT2D eigenvalue weighted by atomic mass is 19.4. The number of carbonyl (C=O) groups excluding carboxylic acids is 1. The minimum Gasteiger partial charge on any atom is -0.328 e. The Morgan fingerprint density at radius 2 is 2.05 bits per heavy atom. The van der Waals surface area contributed by atoms with Gasteiger partial charge in [-0.3, -0.25) is 4.79 Å². The van der Waals surface area contributed by atoms with Gasteiger partial charge in [-0.1, -0.05) is 24.6 Å². The zero-order valence-electron chi connectivity index (χ0n) is 11.1. The molecule has 1 aliphatic rings. The van der Waals surface area contributed by atoms with Crippen LogP contribution in [0.1, 0.15) is 36.8 Å². The van der Waals surface area contributed by atoms with Crippen LogP contribution in [0.2, 0.25) is 0 Å². The normalized spacial score (nSPS) is 23.6. The molecule has 0 heterocycles. The molecule has 2 nitrogen and oxygen atoms in total. The second-order valence-corrected chi connectivity index (χ2v) is 5.46. The molecule has 0 aliphatic heterocycles. The Morgan fingerprint density at radius 3 is 2.70 bits per heavy atom. The molecule has 2 N–H and O–H groups in total. The molecule has 2 rings (SSSR count). The van der Waals surface area contributed by atoms with Gasteiger partial charge in [0.15, 0.2) is 0 Å². The Morgan fingerprint density at radius 1 is 1.30 bits per heavy atom. The number of rotatable bonds is 3. The van der Waals surface area contributed by atoms with Gasteiger partial charge in [0.25, 0.3) is 0 Å². The molecule has 0 bridgehead atoms. The first-order chi connectivity index (χ1) is 9.36. The van der Waals surface area contributed by atoms with E-state index in [0.717, 1.165) is 31.4 Å². The third-order valence-electron chi connectivity index (χ3n) is 3.80. The first kappa shape index (κ1) is 15.0. The zero-order chi connectivity index (χ0) is 14.8. The van der Waals surface area contributed by atoms with Gasteiger partial charge >= 0.3 is 6.18 Å². The molecule has 1 aromatic rings. The van der Waals surface area contributed by atoms with Crippen LogP contribution >= 0.6 is 0 Å². The van der Waals surface area contributed by atoms with Crippen molar-refractivity contribution in [1.82, 2.24) is 0 Å². The van der Waals surface area contributed by atoms with Gasteiger partial charge in [-0.05, 0) is 30.9 Å². The fourth-order valence-corrected chi connectivity index (χ4v) is 2.72. The quantitative estimate of drug-likeness (QED) is 0.925. The van der Waals surface area contributed by atoms with Crippen LogP contribution in [0.4, 0.5) is 13.2 Å².